The summed E-state index contributed by atoms with van der Waals surface area (Å²) in [4.78, 5) is 10.9. The topological polar surface area (TPSA) is 149 Å². The van der Waals surface area contributed by atoms with Gasteiger partial charge in [0.25, 0.3) is 0 Å². The number of nitrogens with one attached hydrogen (secondary N) is 1. The van der Waals surface area contributed by atoms with E-state index in [1.807, 2.05) is 30.3 Å². The summed E-state index contributed by atoms with van der Waals surface area (Å²) < 4.78 is 46.6. The zero-order chi connectivity index (χ0) is 20.2. The Morgan fingerprint density at radius 3 is 2.15 bits per heavy atom. The minimum absolute atomic E-state index is 0.0352. The van der Waals surface area contributed by atoms with Crippen molar-refractivity contribution >= 4 is 55.0 Å². The average Bonchev–Trinajstić information content (AvgIpc) is 2.53. The Morgan fingerprint density at radius 2 is 1.59 bits per heavy atom. The first-order valence-electron chi connectivity index (χ1n) is 7.29. The molecule has 0 unspecified atom stereocenters. The summed E-state index contributed by atoms with van der Waals surface area (Å²) in [5.41, 5.74) is 0.807. The Kier molecular flexibility index (Phi) is 6.89. The summed E-state index contributed by atoms with van der Waals surface area (Å²) in [6, 6.07) is 11.2. The van der Waals surface area contributed by atoms with Crippen LogP contribution in [0.2, 0.25) is 5.02 Å². The lowest BCUT2D eigenvalue weighted by Crippen LogP contribution is -2.21. The molecule has 0 atom stereocenters. The van der Waals surface area contributed by atoms with Gasteiger partial charge in [-0.3, -0.25) is 4.79 Å². The molecule has 2 rings (SSSR count). The summed E-state index contributed by atoms with van der Waals surface area (Å²) in [5.74, 6) is 0.120. The molecule has 2 aromatic carbocycles. The molecule has 0 heterocycles. The maximum atomic E-state index is 12.1. The number of halogens is 1. The van der Waals surface area contributed by atoms with Gasteiger partial charge in [-0.2, -0.15) is 0 Å². The molecular formula is C15H16ClN3O5S3. The van der Waals surface area contributed by atoms with Crippen LogP contribution in [0.5, 0.6) is 0 Å². The molecule has 12 heteroatoms. The molecule has 0 spiro atoms. The third-order valence-electron chi connectivity index (χ3n) is 3.27. The van der Waals surface area contributed by atoms with Crippen LogP contribution in [0.15, 0.2) is 52.3 Å². The number of primary sulfonamides is 2. The fourth-order valence-corrected chi connectivity index (χ4v) is 4.77. The maximum absolute atomic E-state index is 12.1. The molecule has 5 N–H and O–H groups in total. The number of amides is 1. The van der Waals surface area contributed by atoms with Gasteiger partial charge in [-0.05, 0) is 17.7 Å². The number of sulfonamides is 2. The molecule has 2 aromatic rings. The molecule has 0 saturated heterocycles. The first kappa shape index (κ1) is 21.7. The van der Waals surface area contributed by atoms with Gasteiger partial charge in [0.05, 0.1) is 16.5 Å². The largest absolute Gasteiger partial charge is 0.324 e. The first-order chi connectivity index (χ1) is 12.5. The Morgan fingerprint density at radius 1 is 1.00 bits per heavy atom. The van der Waals surface area contributed by atoms with Crippen LogP contribution in [-0.4, -0.2) is 28.5 Å². The molecule has 0 aromatic heterocycles. The van der Waals surface area contributed by atoms with E-state index in [1.165, 1.54) is 11.8 Å². The van der Waals surface area contributed by atoms with Crippen LogP contribution in [0.25, 0.3) is 0 Å². The lowest BCUT2D eigenvalue weighted by Gasteiger charge is -2.12. The quantitative estimate of drug-likeness (QED) is 0.583. The van der Waals surface area contributed by atoms with Crippen LogP contribution >= 0.6 is 23.4 Å². The van der Waals surface area contributed by atoms with E-state index in [4.69, 9.17) is 21.9 Å². The molecule has 0 fully saturated rings. The predicted octanol–water partition coefficient (Wildman–Crippen LogP) is 1.51. The van der Waals surface area contributed by atoms with E-state index in [2.05, 4.69) is 5.32 Å². The van der Waals surface area contributed by atoms with Crippen LogP contribution in [0.4, 0.5) is 5.69 Å². The second-order valence-electron chi connectivity index (χ2n) is 5.40. The van der Waals surface area contributed by atoms with Crippen molar-refractivity contribution in [3.8, 4) is 0 Å². The van der Waals surface area contributed by atoms with Crippen LogP contribution in [0.3, 0.4) is 0 Å². The molecule has 146 valence electrons. The lowest BCUT2D eigenvalue weighted by atomic mass is 10.2. The molecule has 0 bridgehead atoms. The highest BCUT2D eigenvalue weighted by atomic mass is 35.5. The number of rotatable bonds is 7. The number of thioether (sulfide) groups is 1. The Bertz CT molecular complexity index is 1060. The van der Waals surface area contributed by atoms with Crippen molar-refractivity contribution in [2.24, 2.45) is 10.3 Å². The molecule has 0 aliphatic rings. The fourth-order valence-electron chi connectivity index (χ4n) is 2.11. The van der Waals surface area contributed by atoms with Crippen molar-refractivity contribution in [3.05, 3.63) is 53.1 Å². The Hall–Kier alpha value is -1.63. The third-order valence-corrected chi connectivity index (χ3v) is 6.60. The number of carbonyl (C=O) groups excluding carboxylic acids is 1. The molecule has 27 heavy (non-hydrogen) atoms. The SMILES string of the molecule is NS(=O)(=O)c1cc(S(N)(=O)=O)c(NC(=O)CSCc2ccccc2)cc1Cl. The molecule has 0 aliphatic heterocycles. The molecule has 0 aliphatic carbocycles. The van der Waals surface area contributed by atoms with Crippen LogP contribution in [0, 0.1) is 0 Å². The van der Waals surface area contributed by atoms with E-state index in [1.54, 1.807) is 0 Å². The van der Waals surface area contributed by atoms with Crippen molar-refractivity contribution < 1.29 is 21.6 Å². The number of nitrogens with two attached hydrogens (primary N) is 2. The lowest BCUT2D eigenvalue weighted by molar-refractivity contribution is -0.113. The number of anilines is 1. The molecule has 1 amide bonds. The fraction of sp³-hybridized carbons (Fsp3) is 0.133. The van der Waals surface area contributed by atoms with Gasteiger partial charge >= 0.3 is 0 Å². The number of benzene rings is 2. The second kappa shape index (κ2) is 8.59. The van der Waals surface area contributed by atoms with Gasteiger partial charge in [0.2, 0.25) is 26.0 Å². The van der Waals surface area contributed by atoms with Crippen molar-refractivity contribution in [1.82, 2.24) is 0 Å². The van der Waals surface area contributed by atoms with Crippen molar-refractivity contribution in [3.63, 3.8) is 0 Å². The van der Waals surface area contributed by atoms with Crippen LogP contribution in [0.1, 0.15) is 5.56 Å². The van der Waals surface area contributed by atoms with E-state index in [9.17, 15) is 21.6 Å². The highest BCUT2D eigenvalue weighted by Crippen LogP contribution is 2.30. The van der Waals surface area contributed by atoms with Gasteiger partial charge in [0.15, 0.2) is 0 Å². The van der Waals surface area contributed by atoms with Crippen molar-refractivity contribution in [2.45, 2.75) is 15.5 Å². The van der Waals surface area contributed by atoms with E-state index < -0.39 is 35.7 Å². The summed E-state index contributed by atoms with van der Waals surface area (Å²) in [6.07, 6.45) is 0. The van der Waals surface area contributed by atoms with Crippen molar-refractivity contribution in [1.29, 1.82) is 0 Å². The zero-order valence-corrected chi connectivity index (χ0v) is 17.0. The minimum Gasteiger partial charge on any atom is -0.324 e. The highest BCUT2D eigenvalue weighted by Gasteiger charge is 2.23. The zero-order valence-electron chi connectivity index (χ0n) is 13.8. The summed E-state index contributed by atoms with van der Waals surface area (Å²) in [5, 5.41) is 12.2. The van der Waals surface area contributed by atoms with Crippen molar-refractivity contribution in [2.75, 3.05) is 11.1 Å². The first-order valence-corrected chi connectivity index (χ1v) is 11.9. The number of hydrogen-bond donors (Lipinski definition) is 3. The van der Waals surface area contributed by atoms with Gasteiger partial charge in [0.1, 0.15) is 9.79 Å². The van der Waals surface area contributed by atoms with Crippen LogP contribution < -0.4 is 15.6 Å². The summed E-state index contributed by atoms with van der Waals surface area (Å²) in [6.45, 7) is 0. The summed E-state index contributed by atoms with van der Waals surface area (Å²) >= 11 is 7.17. The number of carbonyl (C=O) groups is 1. The maximum Gasteiger partial charge on any atom is 0.240 e. The predicted molar refractivity (Wildman–Crippen MR) is 105 cm³/mol. The third kappa shape index (κ3) is 6.19. The molecular weight excluding hydrogens is 434 g/mol. The molecule has 8 nitrogen and oxygen atoms in total. The molecule has 0 radical (unpaired) electrons. The monoisotopic (exact) mass is 449 g/mol. The number of hydrogen-bond acceptors (Lipinski definition) is 6. The van der Waals surface area contributed by atoms with E-state index in [0.717, 1.165) is 17.7 Å². The molecule has 0 saturated carbocycles. The van der Waals surface area contributed by atoms with Gasteiger partial charge < -0.3 is 5.32 Å². The van der Waals surface area contributed by atoms with Crippen LogP contribution in [-0.2, 0) is 30.6 Å². The van der Waals surface area contributed by atoms with E-state index >= 15 is 0 Å². The second-order valence-corrected chi connectivity index (χ2v) is 9.85. The smallest absolute Gasteiger partial charge is 0.240 e. The standard InChI is InChI=1S/C15H16ClN3O5S3/c16-11-6-12(14(27(18,23)24)7-13(11)26(17,21)22)19-15(20)9-25-8-10-4-2-1-3-5-10/h1-7H,8-9H2,(H,19,20)(H2,17,21,22)(H2,18,23,24). The van der Waals surface area contributed by atoms with E-state index in [-0.39, 0.29) is 16.5 Å². The van der Waals surface area contributed by atoms with Gasteiger partial charge in [-0.15, -0.1) is 11.8 Å². The normalized spacial score (nSPS) is 12.0. The summed E-state index contributed by atoms with van der Waals surface area (Å²) in [7, 11) is -8.62. The van der Waals surface area contributed by atoms with Gasteiger partial charge in [0, 0.05) is 5.75 Å². The average molecular weight is 450 g/mol. The minimum atomic E-state index is -4.34. The Labute approximate surface area is 166 Å². The van der Waals surface area contributed by atoms with E-state index in [0.29, 0.717) is 5.75 Å². The Balaban J connectivity index is 2.19. The van der Waals surface area contributed by atoms with Gasteiger partial charge in [-0.1, -0.05) is 41.9 Å². The van der Waals surface area contributed by atoms with Gasteiger partial charge in [-0.25, -0.2) is 27.1 Å². The highest BCUT2D eigenvalue weighted by molar-refractivity contribution is 7.99.